The van der Waals surface area contributed by atoms with E-state index in [-0.39, 0.29) is 22.4 Å². The van der Waals surface area contributed by atoms with Crippen molar-refractivity contribution in [3.63, 3.8) is 0 Å². The van der Waals surface area contributed by atoms with Crippen LogP contribution in [0.2, 0.25) is 10.0 Å². The Bertz CT molecular complexity index is 1250. The number of hydrazine groups is 1. The van der Waals surface area contributed by atoms with E-state index >= 15 is 0 Å². The Hall–Kier alpha value is -3.16. The summed E-state index contributed by atoms with van der Waals surface area (Å²) in [6.07, 6.45) is 4.68. The zero-order chi connectivity index (χ0) is 25.0. The van der Waals surface area contributed by atoms with Crippen molar-refractivity contribution < 1.29 is 23.9 Å². The molecule has 1 saturated heterocycles. The lowest BCUT2D eigenvalue weighted by Crippen LogP contribution is -2.57. The van der Waals surface area contributed by atoms with E-state index in [1.165, 1.54) is 32.2 Å². The van der Waals surface area contributed by atoms with Gasteiger partial charge in [-0.2, -0.15) is 5.01 Å². The second kappa shape index (κ2) is 8.81. The maximum absolute atomic E-state index is 13.8. The fourth-order valence-electron chi connectivity index (χ4n) is 5.43. The average molecular weight is 513 g/mol. The first-order valence-electron chi connectivity index (χ1n) is 11.3. The van der Waals surface area contributed by atoms with Crippen LogP contribution in [0.15, 0.2) is 54.6 Å². The zero-order valence-electron chi connectivity index (χ0n) is 19.0. The SMILES string of the molecule is COc1ccc(C(=O)[C@H](C)N(C(=O)c2ccc(Cl)cc2Cl)N2C(=O)[C@H]3[C@H](C2=O)[C@H]2C=C[C@H]3C2)cc1. The first-order valence-corrected chi connectivity index (χ1v) is 12.0. The van der Waals surface area contributed by atoms with Crippen LogP contribution in [0, 0.1) is 23.7 Å². The van der Waals surface area contributed by atoms with Crippen molar-refractivity contribution in [2.45, 2.75) is 19.4 Å². The van der Waals surface area contributed by atoms with Gasteiger partial charge in [-0.15, -0.1) is 0 Å². The molecule has 0 radical (unpaired) electrons. The number of amides is 3. The third-order valence-corrected chi connectivity index (χ3v) is 7.70. The van der Waals surface area contributed by atoms with Gasteiger partial charge in [-0.1, -0.05) is 35.4 Å². The number of Topliss-reactive ketones (excluding diaryl/α,β-unsaturated/α-hetero) is 1. The third-order valence-electron chi connectivity index (χ3n) is 7.15. The van der Waals surface area contributed by atoms with Crippen LogP contribution >= 0.6 is 23.2 Å². The van der Waals surface area contributed by atoms with E-state index in [1.54, 1.807) is 24.3 Å². The molecule has 2 aromatic carbocycles. The minimum absolute atomic E-state index is 0.0317. The molecule has 2 bridgehead atoms. The molecule has 1 aliphatic heterocycles. The van der Waals surface area contributed by atoms with E-state index in [2.05, 4.69) is 0 Å². The highest BCUT2D eigenvalue weighted by Crippen LogP contribution is 2.53. The lowest BCUT2D eigenvalue weighted by molar-refractivity contribution is -0.157. The monoisotopic (exact) mass is 512 g/mol. The van der Waals surface area contributed by atoms with E-state index in [4.69, 9.17) is 27.9 Å². The molecule has 3 aliphatic rings. The zero-order valence-corrected chi connectivity index (χ0v) is 20.5. The van der Waals surface area contributed by atoms with Crippen molar-refractivity contribution in [2.75, 3.05) is 7.11 Å². The van der Waals surface area contributed by atoms with Crippen LogP contribution in [0.25, 0.3) is 0 Å². The molecule has 0 spiro atoms. The molecule has 7 nitrogen and oxygen atoms in total. The molecule has 2 fully saturated rings. The standard InChI is InChI=1S/C26H22Cl2N2O5/c1-13(23(31)14-5-8-18(35-2)9-6-14)29(24(32)19-10-7-17(27)12-20(19)28)30-25(33)21-15-3-4-16(11-15)22(21)26(30)34/h3-10,12-13,15-16,21-22H,11H2,1-2H3/t13-,15-,16-,21+,22+/m0/s1. The van der Waals surface area contributed by atoms with Gasteiger partial charge in [0.1, 0.15) is 11.8 Å². The van der Waals surface area contributed by atoms with Gasteiger partial charge in [0.15, 0.2) is 5.78 Å². The maximum atomic E-state index is 13.8. The van der Waals surface area contributed by atoms with E-state index in [0.29, 0.717) is 16.3 Å². The van der Waals surface area contributed by atoms with Crippen LogP contribution in [-0.2, 0) is 9.59 Å². The van der Waals surface area contributed by atoms with Gasteiger partial charge >= 0.3 is 0 Å². The first kappa shape index (κ1) is 23.6. The molecule has 1 heterocycles. The van der Waals surface area contributed by atoms with Gasteiger partial charge in [0.25, 0.3) is 17.7 Å². The van der Waals surface area contributed by atoms with Crippen molar-refractivity contribution in [3.8, 4) is 5.75 Å². The molecular formula is C26H22Cl2N2O5. The molecule has 2 aliphatic carbocycles. The lowest BCUT2D eigenvalue weighted by Gasteiger charge is -2.35. The van der Waals surface area contributed by atoms with Crippen molar-refractivity contribution in [1.29, 1.82) is 0 Å². The van der Waals surface area contributed by atoms with Gasteiger partial charge in [0.05, 0.1) is 29.5 Å². The fourth-order valence-corrected chi connectivity index (χ4v) is 5.92. The number of rotatable bonds is 6. The number of carbonyl (C=O) groups is 4. The number of hydrogen-bond donors (Lipinski definition) is 0. The topological polar surface area (TPSA) is 84.0 Å². The van der Waals surface area contributed by atoms with E-state index in [0.717, 1.165) is 16.4 Å². The Morgan fingerprint density at radius 2 is 1.60 bits per heavy atom. The number of ether oxygens (including phenoxy) is 1. The van der Waals surface area contributed by atoms with Crippen LogP contribution < -0.4 is 4.74 Å². The predicted molar refractivity (Wildman–Crippen MR) is 129 cm³/mol. The van der Waals surface area contributed by atoms with Gasteiger partial charge in [0.2, 0.25) is 0 Å². The fraction of sp³-hybridized carbons (Fsp3) is 0.308. The normalized spacial score (nSPS) is 25.1. The molecule has 0 N–H and O–H groups in total. The predicted octanol–water partition coefficient (Wildman–Crippen LogP) is 4.44. The Balaban J connectivity index is 1.55. The number of carbonyl (C=O) groups excluding carboxylic acids is 4. The van der Waals surface area contributed by atoms with Gasteiger partial charge in [-0.05, 0) is 67.6 Å². The van der Waals surface area contributed by atoms with Crippen molar-refractivity contribution in [2.24, 2.45) is 23.7 Å². The number of nitrogens with zero attached hydrogens (tertiary/aromatic N) is 2. The number of halogens is 2. The molecule has 2 aromatic rings. The summed E-state index contributed by atoms with van der Waals surface area (Å²) in [4.78, 5) is 54.4. The van der Waals surface area contributed by atoms with Crippen LogP contribution in [0.5, 0.6) is 5.75 Å². The van der Waals surface area contributed by atoms with E-state index < -0.39 is 41.4 Å². The highest BCUT2D eigenvalue weighted by Gasteiger charge is 2.61. The molecule has 180 valence electrons. The Labute approximate surface area is 212 Å². The largest absolute Gasteiger partial charge is 0.497 e. The summed E-state index contributed by atoms with van der Waals surface area (Å²) >= 11 is 12.3. The number of allylic oxidation sites excluding steroid dienone is 2. The molecule has 0 aromatic heterocycles. The second-order valence-electron chi connectivity index (χ2n) is 9.03. The first-order chi connectivity index (χ1) is 16.7. The Kier molecular flexibility index (Phi) is 5.93. The van der Waals surface area contributed by atoms with E-state index in [9.17, 15) is 19.2 Å². The summed E-state index contributed by atoms with van der Waals surface area (Å²) in [5.74, 6) is -2.70. The summed E-state index contributed by atoms with van der Waals surface area (Å²) in [5, 5.41) is 2.22. The highest BCUT2D eigenvalue weighted by molar-refractivity contribution is 6.36. The lowest BCUT2D eigenvalue weighted by atomic mass is 9.85. The van der Waals surface area contributed by atoms with Crippen LogP contribution in [0.3, 0.4) is 0 Å². The van der Waals surface area contributed by atoms with E-state index in [1.807, 2.05) is 12.2 Å². The minimum Gasteiger partial charge on any atom is -0.497 e. The van der Waals surface area contributed by atoms with Crippen molar-refractivity contribution in [1.82, 2.24) is 10.0 Å². The Morgan fingerprint density at radius 3 is 2.14 bits per heavy atom. The quantitative estimate of drug-likeness (QED) is 0.324. The van der Waals surface area contributed by atoms with Gasteiger partial charge < -0.3 is 4.74 Å². The molecule has 9 heteroatoms. The molecule has 0 unspecified atom stereocenters. The number of imide groups is 1. The number of hydrogen-bond acceptors (Lipinski definition) is 5. The smallest absolute Gasteiger partial charge is 0.275 e. The van der Waals surface area contributed by atoms with Gasteiger partial charge in [-0.25, -0.2) is 5.01 Å². The van der Waals surface area contributed by atoms with Crippen LogP contribution in [0.4, 0.5) is 0 Å². The molecular weight excluding hydrogens is 491 g/mol. The van der Waals surface area contributed by atoms with Gasteiger partial charge in [-0.3, -0.25) is 19.2 Å². The number of benzene rings is 2. The summed E-state index contributed by atoms with van der Waals surface area (Å²) in [7, 11) is 1.51. The molecule has 3 amide bonds. The number of methoxy groups -OCH3 is 1. The maximum Gasteiger partial charge on any atom is 0.275 e. The summed E-state index contributed by atoms with van der Waals surface area (Å²) in [6, 6.07) is 9.54. The van der Waals surface area contributed by atoms with Gasteiger partial charge in [0, 0.05) is 10.6 Å². The highest BCUT2D eigenvalue weighted by atomic mass is 35.5. The minimum atomic E-state index is -1.17. The van der Waals surface area contributed by atoms with Crippen molar-refractivity contribution >= 4 is 46.7 Å². The van der Waals surface area contributed by atoms with Crippen LogP contribution in [-0.4, -0.2) is 46.7 Å². The van der Waals surface area contributed by atoms with Crippen molar-refractivity contribution in [3.05, 3.63) is 75.8 Å². The summed E-state index contributed by atoms with van der Waals surface area (Å²) < 4.78 is 5.15. The summed E-state index contributed by atoms with van der Waals surface area (Å²) in [6.45, 7) is 1.50. The molecule has 5 atom stereocenters. The second-order valence-corrected chi connectivity index (χ2v) is 9.87. The Morgan fingerprint density at radius 1 is 1.00 bits per heavy atom. The summed E-state index contributed by atoms with van der Waals surface area (Å²) in [5.41, 5.74) is 0.337. The number of ketones is 1. The molecule has 1 saturated carbocycles. The molecule has 35 heavy (non-hydrogen) atoms. The number of fused-ring (bicyclic) bond motifs is 5. The average Bonchev–Trinajstić information content (AvgIpc) is 3.53. The van der Waals surface area contributed by atoms with Crippen LogP contribution in [0.1, 0.15) is 34.1 Å². The third kappa shape index (κ3) is 3.74. The molecule has 5 rings (SSSR count).